The third-order valence-electron chi connectivity index (χ3n) is 3.26. The second kappa shape index (κ2) is 7.15. The van der Waals surface area contributed by atoms with E-state index >= 15 is 0 Å². The quantitative estimate of drug-likeness (QED) is 0.749. The average Bonchev–Trinajstić information content (AvgIpc) is 2.90. The highest BCUT2D eigenvalue weighted by Crippen LogP contribution is 2.29. The van der Waals surface area contributed by atoms with Crippen LogP contribution in [0.5, 0.6) is 11.5 Å². The maximum absolute atomic E-state index is 5.39. The Hall–Kier alpha value is -0.980. The van der Waals surface area contributed by atoms with Crippen LogP contribution >= 0.6 is 24.0 Å². The van der Waals surface area contributed by atoms with E-state index in [-0.39, 0.29) is 0 Å². The highest BCUT2D eigenvalue weighted by atomic mass is 32.2. The smallest absolute Gasteiger partial charge is 0.161 e. The first-order valence-corrected chi connectivity index (χ1v) is 7.99. The van der Waals surface area contributed by atoms with Gasteiger partial charge in [0.25, 0.3) is 0 Å². The minimum atomic E-state index is 0.756. The van der Waals surface area contributed by atoms with Gasteiger partial charge in [-0.05, 0) is 17.7 Å². The normalized spacial score (nSPS) is 15.0. The van der Waals surface area contributed by atoms with E-state index in [0.717, 1.165) is 41.2 Å². The monoisotopic (exact) mass is 312 g/mol. The van der Waals surface area contributed by atoms with Gasteiger partial charge >= 0.3 is 0 Å². The van der Waals surface area contributed by atoms with Gasteiger partial charge in [0.15, 0.2) is 15.8 Å². The van der Waals surface area contributed by atoms with E-state index in [0.29, 0.717) is 0 Å². The molecule has 0 saturated carbocycles. The Kier molecular flexibility index (Phi) is 5.51. The minimum absolute atomic E-state index is 0.756. The summed E-state index contributed by atoms with van der Waals surface area (Å²) in [6.45, 7) is 4.88. The van der Waals surface area contributed by atoms with E-state index in [9.17, 15) is 0 Å². The van der Waals surface area contributed by atoms with Gasteiger partial charge in [-0.2, -0.15) is 0 Å². The molecule has 1 heterocycles. The summed E-state index contributed by atoms with van der Waals surface area (Å²) in [7, 11) is 3.31. The first-order chi connectivity index (χ1) is 9.69. The number of hydrogen-bond acceptors (Lipinski definition) is 5. The van der Waals surface area contributed by atoms with Crippen LogP contribution < -0.4 is 9.47 Å². The number of rotatable bonds is 6. The second-order valence-electron chi connectivity index (χ2n) is 4.41. The van der Waals surface area contributed by atoms with E-state index in [1.807, 2.05) is 12.1 Å². The predicted octanol–water partition coefficient (Wildman–Crippen LogP) is 2.77. The van der Waals surface area contributed by atoms with Crippen molar-refractivity contribution in [3.8, 4) is 11.5 Å². The molecular weight excluding hydrogens is 292 g/mol. The molecule has 0 bridgehead atoms. The molecule has 1 aromatic carbocycles. The first-order valence-electron chi connectivity index (χ1n) is 6.59. The molecule has 1 saturated heterocycles. The van der Waals surface area contributed by atoms with Crippen LogP contribution in [0.15, 0.2) is 18.2 Å². The molecule has 1 fully saturated rings. The van der Waals surface area contributed by atoms with Crippen LogP contribution in [-0.4, -0.2) is 47.4 Å². The van der Waals surface area contributed by atoms with Crippen LogP contribution in [0.4, 0.5) is 0 Å². The molecule has 1 aliphatic rings. The van der Waals surface area contributed by atoms with Gasteiger partial charge in [0.1, 0.15) is 0 Å². The zero-order valence-corrected chi connectivity index (χ0v) is 13.7. The Morgan fingerprint density at radius 1 is 1.30 bits per heavy atom. The lowest BCUT2D eigenvalue weighted by atomic mass is 10.2. The Bertz CT molecular complexity index is 482. The fourth-order valence-corrected chi connectivity index (χ4v) is 3.45. The van der Waals surface area contributed by atoms with E-state index in [1.165, 1.54) is 5.56 Å². The van der Waals surface area contributed by atoms with Crippen molar-refractivity contribution in [2.75, 3.05) is 33.1 Å². The summed E-state index contributed by atoms with van der Waals surface area (Å²) in [6, 6.07) is 6.03. The van der Waals surface area contributed by atoms with Gasteiger partial charge in [0, 0.05) is 25.4 Å². The van der Waals surface area contributed by atoms with Crippen LogP contribution in [0.3, 0.4) is 0 Å². The topological polar surface area (TPSA) is 24.9 Å². The summed E-state index contributed by atoms with van der Waals surface area (Å²) in [6.07, 6.45) is 0. The van der Waals surface area contributed by atoms with Crippen LogP contribution in [-0.2, 0) is 6.54 Å². The second-order valence-corrected chi connectivity index (χ2v) is 6.14. The van der Waals surface area contributed by atoms with Crippen molar-refractivity contribution in [2.45, 2.75) is 13.5 Å². The molecule has 0 unspecified atom stereocenters. The number of thioether (sulfide) groups is 1. The zero-order chi connectivity index (χ0) is 14.5. The lowest BCUT2D eigenvalue weighted by molar-refractivity contribution is 0.0565. The molecule has 1 aliphatic heterocycles. The van der Waals surface area contributed by atoms with Gasteiger partial charge in [-0.15, -0.1) is 0 Å². The molecular formula is C14H20N2O2S2. The Morgan fingerprint density at radius 2 is 2.05 bits per heavy atom. The van der Waals surface area contributed by atoms with Gasteiger partial charge in [0.05, 0.1) is 14.2 Å². The number of hydrogen-bond donors (Lipinski definition) is 0. The van der Waals surface area contributed by atoms with Gasteiger partial charge < -0.3 is 9.47 Å². The number of methoxy groups -OCH3 is 2. The van der Waals surface area contributed by atoms with Gasteiger partial charge in [0.2, 0.25) is 0 Å². The van der Waals surface area contributed by atoms with Crippen LogP contribution in [0.1, 0.15) is 12.5 Å². The van der Waals surface area contributed by atoms with Gasteiger partial charge in [-0.3, -0.25) is 5.01 Å². The van der Waals surface area contributed by atoms with E-state index in [2.05, 4.69) is 23.0 Å². The van der Waals surface area contributed by atoms with Gasteiger partial charge in [-0.1, -0.05) is 37.0 Å². The number of ether oxygens (including phenoxy) is 2. The standard InChI is InChI=1S/C14H20N2O2S2/c1-4-15(16-7-8-20-14(16)19)10-11-5-6-12(17-2)13(9-11)18-3/h5-6,9H,4,7-8,10H2,1-3H3. The van der Waals surface area contributed by atoms with E-state index < -0.39 is 0 Å². The lowest BCUT2D eigenvalue weighted by Crippen LogP contribution is -2.41. The van der Waals surface area contributed by atoms with Crippen LogP contribution in [0.2, 0.25) is 0 Å². The highest BCUT2D eigenvalue weighted by Gasteiger charge is 2.23. The Labute approximate surface area is 130 Å². The van der Waals surface area contributed by atoms with E-state index in [1.54, 1.807) is 26.0 Å². The molecule has 0 aromatic heterocycles. The summed E-state index contributed by atoms with van der Waals surface area (Å²) in [5.41, 5.74) is 1.18. The molecule has 2 rings (SSSR count). The van der Waals surface area contributed by atoms with Crippen molar-refractivity contribution in [3.63, 3.8) is 0 Å². The van der Waals surface area contributed by atoms with Crippen molar-refractivity contribution in [3.05, 3.63) is 23.8 Å². The first kappa shape index (κ1) is 15.4. The maximum Gasteiger partial charge on any atom is 0.161 e. The SMILES string of the molecule is CCN(Cc1ccc(OC)c(OC)c1)N1CCSC1=S. The molecule has 1 aromatic rings. The summed E-state index contributed by atoms with van der Waals surface area (Å²) in [5.74, 6) is 2.59. The molecule has 110 valence electrons. The van der Waals surface area contributed by atoms with Crippen molar-refractivity contribution in [1.29, 1.82) is 0 Å². The molecule has 6 heteroatoms. The number of thiocarbonyl (C=S) groups is 1. The molecule has 0 spiro atoms. The molecule has 0 atom stereocenters. The minimum Gasteiger partial charge on any atom is -0.493 e. The largest absolute Gasteiger partial charge is 0.493 e. The molecule has 0 radical (unpaired) electrons. The third-order valence-corrected chi connectivity index (χ3v) is 4.67. The molecule has 4 nitrogen and oxygen atoms in total. The highest BCUT2D eigenvalue weighted by molar-refractivity contribution is 8.23. The fraction of sp³-hybridized carbons (Fsp3) is 0.500. The third kappa shape index (κ3) is 3.37. The maximum atomic E-state index is 5.39. The zero-order valence-electron chi connectivity index (χ0n) is 12.1. The summed E-state index contributed by atoms with van der Waals surface area (Å²) in [4.78, 5) is 0. The summed E-state index contributed by atoms with van der Waals surface area (Å²) >= 11 is 7.13. The van der Waals surface area contributed by atoms with Crippen molar-refractivity contribution < 1.29 is 9.47 Å². The Balaban J connectivity index is 2.13. The molecule has 0 N–H and O–H groups in total. The van der Waals surface area contributed by atoms with Crippen molar-refractivity contribution >= 4 is 28.3 Å². The van der Waals surface area contributed by atoms with Crippen molar-refractivity contribution in [1.82, 2.24) is 10.0 Å². The summed E-state index contributed by atoms with van der Waals surface area (Å²) < 4.78 is 11.6. The molecule has 20 heavy (non-hydrogen) atoms. The molecule has 0 amide bonds. The van der Waals surface area contributed by atoms with Gasteiger partial charge in [-0.25, -0.2) is 5.01 Å². The summed E-state index contributed by atoms with van der Waals surface area (Å²) in [5, 5.41) is 4.46. The lowest BCUT2D eigenvalue weighted by Gasteiger charge is -2.31. The van der Waals surface area contributed by atoms with Crippen LogP contribution in [0.25, 0.3) is 0 Å². The number of hydrazine groups is 1. The van der Waals surface area contributed by atoms with Crippen molar-refractivity contribution in [2.24, 2.45) is 0 Å². The number of benzene rings is 1. The molecule has 0 aliphatic carbocycles. The van der Waals surface area contributed by atoms with E-state index in [4.69, 9.17) is 21.7 Å². The Morgan fingerprint density at radius 3 is 2.60 bits per heavy atom. The van der Waals surface area contributed by atoms with Crippen LogP contribution in [0, 0.1) is 0 Å². The predicted molar refractivity (Wildman–Crippen MR) is 87.4 cm³/mol. The fourth-order valence-electron chi connectivity index (χ4n) is 2.20. The average molecular weight is 312 g/mol. The number of nitrogens with zero attached hydrogens (tertiary/aromatic N) is 2.